The molecular formula is C19H27F3N2O. The van der Waals surface area contributed by atoms with Crippen LogP contribution in [-0.4, -0.2) is 41.3 Å². The van der Waals surface area contributed by atoms with Crippen molar-refractivity contribution in [1.82, 2.24) is 4.90 Å². The first kappa shape index (κ1) is 18.7. The number of halogens is 3. The summed E-state index contributed by atoms with van der Waals surface area (Å²) in [5.41, 5.74) is 4.98. The molecule has 1 heterocycles. The van der Waals surface area contributed by atoms with Crippen molar-refractivity contribution in [3.05, 3.63) is 35.4 Å². The number of nitrogens with two attached hydrogens (primary N) is 1. The van der Waals surface area contributed by atoms with Crippen LogP contribution >= 0.6 is 0 Å². The lowest BCUT2D eigenvalue weighted by Crippen LogP contribution is -2.44. The summed E-state index contributed by atoms with van der Waals surface area (Å²) < 4.78 is 39.4. The molecule has 3 N–H and O–H groups in total. The Kier molecular flexibility index (Phi) is 5.42. The monoisotopic (exact) mass is 356 g/mol. The highest BCUT2D eigenvalue weighted by Gasteiger charge is 2.41. The van der Waals surface area contributed by atoms with Gasteiger partial charge in [-0.3, -0.25) is 0 Å². The molecule has 1 aromatic carbocycles. The van der Waals surface area contributed by atoms with Crippen LogP contribution in [0.4, 0.5) is 13.2 Å². The Bertz CT molecular complexity index is 584. The Morgan fingerprint density at radius 2 is 1.96 bits per heavy atom. The summed E-state index contributed by atoms with van der Waals surface area (Å²) in [6.07, 6.45) is 0.740. The van der Waals surface area contributed by atoms with E-state index in [2.05, 4.69) is 4.90 Å². The third kappa shape index (κ3) is 4.36. The van der Waals surface area contributed by atoms with Crippen molar-refractivity contribution < 1.29 is 18.3 Å². The summed E-state index contributed by atoms with van der Waals surface area (Å²) in [5, 5.41) is 11.3. The fourth-order valence-electron chi connectivity index (χ4n) is 4.32. The highest BCUT2D eigenvalue weighted by Crippen LogP contribution is 2.42. The van der Waals surface area contributed by atoms with Crippen LogP contribution in [0.3, 0.4) is 0 Å². The van der Waals surface area contributed by atoms with Gasteiger partial charge in [0.05, 0.1) is 11.2 Å². The Morgan fingerprint density at radius 3 is 2.56 bits per heavy atom. The lowest BCUT2D eigenvalue weighted by molar-refractivity contribution is -0.137. The number of rotatable bonds is 4. The van der Waals surface area contributed by atoms with Gasteiger partial charge in [0, 0.05) is 25.0 Å². The Hall–Kier alpha value is -1.11. The van der Waals surface area contributed by atoms with E-state index >= 15 is 0 Å². The van der Waals surface area contributed by atoms with Crippen molar-refractivity contribution >= 4 is 0 Å². The van der Waals surface area contributed by atoms with E-state index in [0.717, 1.165) is 44.8 Å². The largest absolute Gasteiger partial charge is 0.416 e. The first-order valence-electron chi connectivity index (χ1n) is 9.15. The van der Waals surface area contributed by atoms with Gasteiger partial charge in [-0.2, -0.15) is 13.2 Å². The van der Waals surface area contributed by atoms with Crippen LogP contribution in [0.5, 0.6) is 0 Å². The lowest BCUT2D eigenvalue weighted by Gasteiger charge is -2.41. The quantitative estimate of drug-likeness (QED) is 0.868. The molecule has 3 rings (SSSR count). The van der Waals surface area contributed by atoms with Crippen LogP contribution in [-0.2, 0) is 6.18 Å². The first-order chi connectivity index (χ1) is 11.8. The molecule has 1 aliphatic heterocycles. The maximum absolute atomic E-state index is 13.1. The van der Waals surface area contributed by atoms with Gasteiger partial charge in [0.2, 0.25) is 0 Å². The number of nitrogens with zero attached hydrogens (tertiary/aromatic N) is 1. The molecule has 140 valence electrons. The van der Waals surface area contributed by atoms with Crippen LogP contribution < -0.4 is 5.73 Å². The zero-order chi connectivity index (χ0) is 18.1. The molecule has 0 radical (unpaired) electrons. The summed E-state index contributed by atoms with van der Waals surface area (Å²) in [7, 11) is 0. The third-order valence-electron chi connectivity index (χ3n) is 5.73. The average Bonchev–Trinajstić information content (AvgIpc) is 2.98. The molecule has 25 heavy (non-hydrogen) atoms. The van der Waals surface area contributed by atoms with Crippen molar-refractivity contribution in [2.24, 2.45) is 5.73 Å². The van der Waals surface area contributed by atoms with E-state index in [9.17, 15) is 18.3 Å². The van der Waals surface area contributed by atoms with Gasteiger partial charge in [-0.05, 0) is 37.4 Å². The van der Waals surface area contributed by atoms with Crippen molar-refractivity contribution in [3.63, 3.8) is 0 Å². The maximum Gasteiger partial charge on any atom is 0.416 e. The van der Waals surface area contributed by atoms with Crippen LogP contribution in [0.1, 0.15) is 55.6 Å². The van der Waals surface area contributed by atoms with Gasteiger partial charge in [0.25, 0.3) is 0 Å². The van der Waals surface area contributed by atoms with Crippen molar-refractivity contribution in [3.8, 4) is 0 Å². The maximum atomic E-state index is 13.1. The predicted molar refractivity (Wildman–Crippen MR) is 91.3 cm³/mol. The molecule has 1 aromatic rings. The molecule has 0 bridgehead atoms. The average molecular weight is 356 g/mol. The molecule has 2 atom stereocenters. The third-order valence-corrected chi connectivity index (χ3v) is 5.73. The van der Waals surface area contributed by atoms with Gasteiger partial charge in [-0.1, -0.05) is 37.5 Å². The van der Waals surface area contributed by atoms with Crippen LogP contribution in [0.2, 0.25) is 0 Å². The zero-order valence-electron chi connectivity index (χ0n) is 14.4. The molecular weight excluding hydrogens is 329 g/mol. The van der Waals surface area contributed by atoms with E-state index in [1.165, 1.54) is 12.1 Å². The smallest absolute Gasteiger partial charge is 0.389 e. The van der Waals surface area contributed by atoms with Gasteiger partial charge in [0.15, 0.2) is 0 Å². The van der Waals surface area contributed by atoms with E-state index in [1.54, 1.807) is 6.07 Å². The second-order valence-electron chi connectivity index (χ2n) is 7.65. The van der Waals surface area contributed by atoms with Gasteiger partial charge in [-0.25, -0.2) is 0 Å². The van der Waals surface area contributed by atoms with Crippen LogP contribution in [0, 0.1) is 0 Å². The van der Waals surface area contributed by atoms with Crippen LogP contribution in [0.15, 0.2) is 24.3 Å². The first-order valence-corrected chi connectivity index (χ1v) is 9.15. The normalized spacial score (nSPS) is 25.9. The van der Waals surface area contributed by atoms with Crippen molar-refractivity contribution in [2.45, 2.75) is 62.3 Å². The molecule has 3 nitrogen and oxygen atoms in total. The van der Waals surface area contributed by atoms with E-state index in [1.807, 2.05) is 0 Å². The number of likely N-dealkylation sites (tertiary alicyclic amines) is 1. The summed E-state index contributed by atoms with van der Waals surface area (Å²) >= 11 is 0. The minimum absolute atomic E-state index is 0.114. The molecule has 1 saturated carbocycles. The number of aliphatic hydroxyl groups is 1. The standard InChI is InChI=1S/C19H27F3N2O/c20-19(21,22)15-6-4-5-14(11-15)17(13-24-10-7-16(23)12-24)18(25)8-2-1-3-9-18/h4-6,11,16-17,25H,1-3,7-10,12-13,23H2/t16-,17?/m0/s1. The number of hydrogen-bond acceptors (Lipinski definition) is 3. The molecule has 2 fully saturated rings. The second kappa shape index (κ2) is 7.25. The van der Waals surface area contributed by atoms with Gasteiger partial charge >= 0.3 is 6.18 Å². The number of alkyl halides is 3. The number of benzene rings is 1. The summed E-state index contributed by atoms with van der Waals surface area (Å²) in [4.78, 5) is 2.18. The summed E-state index contributed by atoms with van der Waals surface area (Å²) in [6.45, 7) is 2.14. The van der Waals surface area contributed by atoms with Crippen LogP contribution in [0.25, 0.3) is 0 Å². The van der Waals surface area contributed by atoms with E-state index in [4.69, 9.17) is 5.73 Å². The topological polar surface area (TPSA) is 49.5 Å². The highest BCUT2D eigenvalue weighted by molar-refractivity contribution is 5.31. The Labute approximate surface area is 147 Å². The summed E-state index contributed by atoms with van der Waals surface area (Å²) in [6, 6.07) is 5.60. The molecule has 0 spiro atoms. The van der Waals surface area contributed by atoms with E-state index in [-0.39, 0.29) is 12.0 Å². The van der Waals surface area contributed by atoms with Crippen molar-refractivity contribution in [2.75, 3.05) is 19.6 Å². The fourth-order valence-corrected chi connectivity index (χ4v) is 4.32. The SMILES string of the molecule is N[C@H]1CCN(CC(c2cccc(C(F)(F)F)c2)C2(O)CCCCC2)C1. The molecule has 1 saturated heterocycles. The minimum atomic E-state index is -4.37. The number of hydrogen-bond donors (Lipinski definition) is 2. The van der Waals surface area contributed by atoms with Gasteiger partial charge in [-0.15, -0.1) is 0 Å². The molecule has 0 aromatic heterocycles. The second-order valence-corrected chi connectivity index (χ2v) is 7.65. The zero-order valence-corrected chi connectivity index (χ0v) is 14.4. The molecule has 2 aliphatic rings. The molecule has 1 unspecified atom stereocenters. The molecule has 0 amide bonds. The van der Waals surface area contributed by atoms with E-state index < -0.39 is 17.3 Å². The van der Waals surface area contributed by atoms with Gasteiger partial charge in [0.1, 0.15) is 0 Å². The van der Waals surface area contributed by atoms with Crippen molar-refractivity contribution in [1.29, 1.82) is 0 Å². The predicted octanol–water partition coefficient (Wildman–Crippen LogP) is 3.52. The Morgan fingerprint density at radius 1 is 1.24 bits per heavy atom. The van der Waals surface area contributed by atoms with Gasteiger partial charge < -0.3 is 15.7 Å². The van der Waals surface area contributed by atoms with E-state index in [0.29, 0.717) is 24.9 Å². The summed E-state index contributed by atoms with van der Waals surface area (Å²) in [5.74, 6) is -0.319. The highest BCUT2D eigenvalue weighted by atomic mass is 19.4. The fraction of sp³-hybridized carbons (Fsp3) is 0.684. The molecule has 6 heteroatoms. The Balaban J connectivity index is 1.90. The molecule has 1 aliphatic carbocycles. The minimum Gasteiger partial charge on any atom is -0.389 e. The lowest BCUT2D eigenvalue weighted by atomic mass is 9.72.